The van der Waals surface area contributed by atoms with Gasteiger partial charge in [0, 0.05) is 5.75 Å². The van der Waals surface area contributed by atoms with Crippen LogP contribution in [0.1, 0.15) is 19.4 Å². The van der Waals surface area contributed by atoms with Gasteiger partial charge in [0.25, 0.3) is 0 Å². The quantitative estimate of drug-likeness (QED) is 0.654. The van der Waals surface area contributed by atoms with Crippen LogP contribution < -0.4 is 0 Å². The number of rotatable bonds is 7. The van der Waals surface area contributed by atoms with E-state index in [-0.39, 0.29) is 0 Å². The van der Waals surface area contributed by atoms with E-state index < -0.39 is 6.80 Å². The van der Waals surface area contributed by atoms with Crippen LogP contribution in [0, 0.1) is 0 Å². The Labute approximate surface area is 123 Å². The van der Waals surface area contributed by atoms with Gasteiger partial charge in [-0.1, -0.05) is 42.5 Å². The lowest BCUT2D eigenvalue weighted by atomic mass is 10.1. The van der Waals surface area contributed by atoms with E-state index in [0.29, 0.717) is 19.0 Å². The van der Waals surface area contributed by atoms with E-state index in [1.807, 2.05) is 32.0 Å². The molecule has 20 heavy (non-hydrogen) atoms. The molecule has 0 saturated carbocycles. The maximum Gasteiger partial charge on any atom is 0.389 e. The molecule has 0 aliphatic rings. The molecule has 5 heteroatoms. The molecule has 0 heterocycles. The van der Waals surface area contributed by atoms with Gasteiger partial charge in [0.1, 0.15) is 0 Å². The molecule has 2 aromatic rings. The summed E-state index contributed by atoms with van der Waals surface area (Å²) >= 11 is 1.25. The molecule has 3 nitrogen and oxygen atoms in total. The first-order valence-electron chi connectivity index (χ1n) is 6.69. The van der Waals surface area contributed by atoms with E-state index in [0.717, 1.165) is 5.56 Å². The van der Waals surface area contributed by atoms with Gasteiger partial charge in [-0.05, 0) is 41.6 Å². The second kappa shape index (κ2) is 7.28. The zero-order valence-electron chi connectivity index (χ0n) is 11.7. The van der Waals surface area contributed by atoms with Gasteiger partial charge in [-0.15, -0.1) is 0 Å². The lowest BCUT2D eigenvalue weighted by Gasteiger charge is -2.16. The van der Waals surface area contributed by atoms with Crippen LogP contribution in [0.5, 0.6) is 0 Å². The molecular formula is C15H19O3PS. The van der Waals surface area contributed by atoms with Crippen LogP contribution in [0.3, 0.4) is 0 Å². The van der Waals surface area contributed by atoms with Crippen molar-refractivity contribution in [3.05, 3.63) is 48.0 Å². The van der Waals surface area contributed by atoms with Crippen molar-refractivity contribution >= 4 is 29.0 Å². The molecule has 0 saturated heterocycles. The van der Waals surface area contributed by atoms with Crippen molar-refractivity contribution in [3.8, 4) is 0 Å². The minimum absolute atomic E-state index is 0.389. The summed E-state index contributed by atoms with van der Waals surface area (Å²) in [7, 11) is 0. The molecule has 0 atom stereocenters. The third-order valence-electron chi connectivity index (χ3n) is 2.83. The molecule has 0 N–H and O–H groups in total. The van der Waals surface area contributed by atoms with Crippen molar-refractivity contribution in [2.75, 3.05) is 13.2 Å². The van der Waals surface area contributed by atoms with Gasteiger partial charge in [-0.25, -0.2) is 4.57 Å². The van der Waals surface area contributed by atoms with Crippen LogP contribution in [-0.4, -0.2) is 13.2 Å². The molecule has 0 radical (unpaired) electrons. The lowest BCUT2D eigenvalue weighted by molar-refractivity contribution is 0.237. The van der Waals surface area contributed by atoms with Crippen LogP contribution in [0.25, 0.3) is 10.8 Å². The third kappa shape index (κ3) is 3.86. The number of fused-ring (bicyclic) bond motifs is 1. The molecule has 2 rings (SSSR count). The Kier molecular flexibility index (Phi) is 5.67. The van der Waals surface area contributed by atoms with E-state index >= 15 is 0 Å². The predicted octanol–water partition coefficient (Wildman–Crippen LogP) is 5.25. The standard InChI is InChI=1S/C15H19O3PS/c1-3-17-19(16,18-4-2)20-12-14-10-7-9-13-8-5-6-11-15(13)14/h5-11H,3-4,12H2,1-2H3. The maximum atomic E-state index is 12.4. The minimum atomic E-state index is -3.05. The SMILES string of the molecule is CCOP(=O)(OCC)SCc1cccc2ccccc12. The topological polar surface area (TPSA) is 35.5 Å². The average Bonchev–Trinajstić information content (AvgIpc) is 2.46. The molecular weight excluding hydrogens is 291 g/mol. The first-order valence-corrected chi connectivity index (χ1v) is 9.82. The van der Waals surface area contributed by atoms with E-state index in [1.54, 1.807) is 0 Å². The summed E-state index contributed by atoms with van der Waals surface area (Å²) in [5.74, 6) is 0.610. The summed E-state index contributed by atoms with van der Waals surface area (Å²) in [6, 6.07) is 14.3. The smallest absolute Gasteiger partial charge is 0.301 e. The molecule has 0 unspecified atom stereocenters. The summed E-state index contributed by atoms with van der Waals surface area (Å²) in [5, 5.41) is 2.37. The van der Waals surface area contributed by atoms with E-state index in [2.05, 4.69) is 24.3 Å². The Bertz CT molecular complexity index is 600. The van der Waals surface area contributed by atoms with Crippen molar-refractivity contribution in [2.24, 2.45) is 0 Å². The highest BCUT2D eigenvalue weighted by molar-refractivity contribution is 8.54. The number of hydrogen-bond acceptors (Lipinski definition) is 4. The first-order chi connectivity index (χ1) is 9.68. The molecule has 0 spiro atoms. The lowest BCUT2D eigenvalue weighted by Crippen LogP contribution is -1.93. The fourth-order valence-corrected chi connectivity index (χ4v) is 5.37. The summed E-state index contributed by atoms with van der Waals surface area (Å²) in [4.78, 5) is 0. The Hall–Kier alpha value is -0.800. The van der Waals surface area contributed by atoms with Gasteiger partial charge in [-0.2, -0.15) is 0 Å². The van der Waals surface area contributed by atoms with Crippen molar-refractivity contribution in [1.82, 2.24) is 0 Å². The fourth-order valence-electron chi connectivity index (χ4n) is 1.99. The monoisotopic (exact) mass is 310 g/mol. The van der Waals surface area contributed by atoms with Gasteiger partial charge in [0.2, 0.25) is 0 Å². The number of benzene rings is 2. The van der Waals surface area contributed by atoms with Crippen molar-refractivity contribution < 1.29 is 13.6 Å². The second-order valence-corrected chi connectivity index (χ2v) is 8.27. The van der Waals surface area contributed by atoms with Crippen LogP contribution >= 0.6 is 18.2 Å². The zero-order chi connectivity index (χ0) is 14.4. The third-order valence-corrected chi connectivity index (χ3v) is 6.71. The van der Waals surface area contributed by atoms with E-state index in [9.17, 15) is 4.57 Å². The molecule has 0 bridgehead atoms. The average molecular weight is 310 g/mol. The molecule has 0 aliphatic carbocycles. The van der Waals surface area contributed by atoms with Crippen LogP contribution in [-0.2, 0) is 19.4 Å². The predicted molar refractivity (Wildman–Crippen MR) is 86.1 cm³/mol. The van der Waals surface area contributed by atoms with Crippen LogP contribution in [0.4, 0.5) is 0 Å². The summed E-state index contributed by atoms with van der Waals surface area (Å²) in [6.07, 6.45) is 0. The summed E-state index contributed by atoms with van der Waals surface area (Å²) in [5.41, 5.74) is 1.15. The molecule has 108 valence electrons. The Morgan fingerprint density at radius 3 is 2.35 bits per heavy atom. The molecule has 2 aromatic carbocycles. The second-order valence-electron chi connectivity index (χ2n) is 4.19. The Morgan fingerprint density at radius 2 is 1.65 bits per heavy atom. The Balaban J connectivity index is 2.18. The summed E-state index contributed by atoms with van der Waals surface area (Å²) in [6.45, 7) is 1.38. The van der Waals surface area contributed by atoms with Gasteiger partial charge < -0.3 is 9.05 Å². The van der Waals surface area contributed by atoms with Gasteiger partial charge in [0.05, 0.1) is 13.2 Å². The van der Waals surface area contributed by atoms with Crippen LogP contribution in [0.15, 0.2) is 42.5 Å². The zero-order valence-corrected chi connectivity index (χ0v) is 13.5. The maximum absolute atomic E-state index is 12.4. The van der Waals surface area contributed by atoms with E-state index in [1.165, 1.54) is 22.2 Å². The van der Waals surface area contributed by atoms with Gasteiger partial charge >= 0.3 is 6.80 Å². The van der Waals surface area contributed by atoms with Gasteiger partial charge in [0.15, 0.2) is 0 Å². The molecule has 0 fully saturated rings. The first kappa shape index (κ1) is 15.6. The largest absolute Gasteiger partial charge is 0.389 e. The normalized spacial score (nSPS) is 11.9. The van der Waals surface area contributed by atoms with E-state index in [4.69, 9.17) is 9.05 Å². The molecule has 0 amide bonds. The summed E-state index contributed by atoms with van der Waals surface area (Å²) < 4.78 is 23.0. The molecule has 0 aliphatic heterocycles. The highest BCUT2D eigenvalue weighted by atomic mass is 32.7. The highest BCUT2D eigenvalue weighted by Gasteiger charge is 2.24. The van der Waals surface area contributed by atoms with Crippen LogP contribution in [0.2, 0.25) is 0 Å². The Morgan fingerprint density at radius 1 is 1.00 bits per heavy atom. The van der Waals surface area contributed by atoms with Crippen molar-refractivity contribution in [2.45, 2.75) is 19.6 Å². The van der Waals surface area contributed by atoms with Gasteiger partial charge in [-0.3, -0.25) is 0 Å². The fraction of sp³-hybridized carbons (Fsp3) is 0.333. The molecule has 0 aromatic heterocycles. The number of hydrogen-bond donors (Lipinski definition) is 0. The minimum Gasteiger partial charge on any atom is -0.301 e. The highest BCUT2D eigenvalue weighted by Crippen LogP contribution is 2.61. The van der Waals surface area contributed by atoms with Crippen molar-refractivity contribution in [3.63, 3.8) is 0 Å². The van der Waals surface area contributed by atoms with Crippen molar-refractivity contribution in [1.29, 1.82) is 0 Å².